The number of aromatic nitrogens is 16. The summed E-state index contributed by atoms with van der Waals surface area (Å²) < 4.78 is 62.6. The highest BCUT2D eigenvalue weighted by atomic mass is 35.5. The van der Waals surface area contributed by atoms with E-state index in [4.69, 9.17) is 47.9 Å². The first-order valence-corrected chi connectivity index (χ1v) is 50.6. The summed E-state index contributed by atoms with van der Waals surface area (Å²) in [6, 6.07) is 27.0. The van der Waals surface area contributed by atoms with Gasteiger partial charge in [-0.25, -0.2) is 63.6 Å². The van der Waals surface area contributed by atoms with Crippen molar-refractivity contribution in [1.82, 2.24) is 88.3 Å². The lowest BCUT2D eigenvalue weighted by Gasteiger charge is -2.25. The maximum atomic E-state index is 14.6. The first-order valence-electron chi connectivity index (χ1n) is 48.9. The van der Waals surface area contributed by atoms with Crippen LogP contribution in [0.25, 0.3) is 66.4 Å². The Morgan fingerprint density at radius 1 is 0.428 bits per heavy atom. The summed E-state index contributed by atoms with van der Waals surface area (Å²) >= 11 is 13.3. The second-order valence-electron chi connectivity index (χ2n) is 38.8. The van der Waals surface area contributed by atoms with Crippen molar-refractivity contribution in [1.29, 1.82) is 0 Å². The molecule has 14 heterocycles. The van der Waals surface area contributed by atoms with Gasteiger partial charge in [-0.15, -0.1) is 11.3 Å². The van der Waals surface area contributed by atoms with E-state index < -0.39 is 109 Å². The number of aliphatic hydroxyl groups is 11. The highest BCUT2D eigenvalue weighted by molar-refractivity contribution is 7.07. The molecule has 39 heteroatoms. The summed E-state index contributed by atoms with van der Waals surface area (Å²) in [7, 11) is 0. The molecule has 5 saturated carbocycles. The van der Waals surface area contributed by atoms with Gasteiger partial charge < -0.3 is 114 Å². The Labute approximate surface area is 846 Å². The molecule has 0 saturated heterocycles. The average Bonchev–Trinajstić information content (AvgIpc) is 1.74. The van der Waals surface area contributed by atoms with E-state index in [1.807, 2.05) is 137 Å². The van der Waals surface area contributed by atoms with Crippen LogP contribution >= 0.6 is 34.5 Å². The quantitative estimate of drug-likeness (QED) is 0.0402. The van der Waals surface area contributed by atoms with Gasteiger partial charge in [-0.1, -0.05) is 29.3 Å². The molecule has 0 bridgehead atoms. The van der Waals surface area contributed by atoms with Gasteiger partial charge in [0.1, 0.15) is 162 Å². The van der Waals surface area contributed by atoms with Gasteiger partial charge in [0.25, 0.3) is 0 Å². The van der Waals surface area contributed by atoms with Crippen LogP contribution < -0.4 is 35.3 Å². The van der Waals surface area contributed by atoms with Gasteiger partial charge in [0.05, 0.1) is 81.4 Å². The molecule has 13 unspecified atom stereocenters. The number of nitrogens with two attached hydrogens (primary N) is 1. The van der Waals surface area contributed by atoms with Gasteiger partial charge in [-0.2, -0.15) is 0 Å². The highest BCUT2D eigenvalue weighted by Gasteiger charge is 2.51. The van der Waals surface area contributed by atoms with Crippen LogP contribution in [0.2, 0.25) is 10.0 Å². The fourth-order valence-electron chi connectivity index (χ4n) is 22.1. The van der Waals surface area contributed by atoms with Crippen LogP contribution in [0.15, 0.2) is 177 Å². The number of nitrogens with one attached hydrogen (secondary N) is 2. The Balaban J connectivity index is 0.000000111. The second-order valence-corrected chi connectivity index (χ2v) is 40.4. The molecule has 4 aromatic carbocycles. The van der Waals surface area contributed by atoms with Crippen molar-refractivity contribution < 1.29 is 83.9 Å². The summed E-state index contributed by atoms with van der Waals surface area (Å²) in [6.45, 7) is 14.7. The van der Waals surface area contributed by atoms with Crippen molar-refractivity contribution in [2.75, 3.05) is 13.1 Å². The normalized spacial score (nSPS) is 25.9. The van der Waals surface area contributed by atoms with E-state index in [-0.39, 0.29) is 41.6 Å². The maximum Gasteiger partial charge on any atom is 0.220 e. The van der Waals surface area contributed by atoms with E-state index in [1.54, 1.807) is 65.7 Å². The van der Waals surface area contributed by atoms with Crippen LogP contribution in [0, 0.1) is 59.1 Å². The molecule has 6 aliphatic carbocycles. The Kier molecular flexibility index (Phi) is 29.3. The SMILES string of the molecule is Cc1cc(OC2CC(n3ccc4c(C)ccnc43)[C@H](O)[C@@H]2O)c2c(c1F)CCNC2.Cc1ccnc2c1ccn2C1CC(Oc2cc(-c3cscn3)cc3c2CNCC3)C(O)C1O.Cc1ncnc2c1ccn2C1CC(C(O)c2ccc(Cl)c(F)c2)[C@@H](O)[C@H]1O.Cc1ncnc2c1ccn2C1CC(Oc2ccc(Cl)cc2CN)[C@@H](O)[C@H]1O.Cc1ncnc2c1ccn2C1CC(Oc2ncnc3c2CCCC3)[C@@H](O)[C@H]1O. The number of thiazole rings is 1. The topological polar surface area (TPSA) is 476 Å². The molecule has 8 aliphatic rings. The number of hydrogen-bond acceptors (Lipinski definition) is 30. The number of nitrogens with zero attached hydrogens (tertiary/aromatic N) is 16. The van der Waals surface area contributed by atoms with Crippen molar-refractivity contribution >= 4 is 89.7 Å². The smallest absolute Gasteiger partial charge is 0.220 e. The molecule has 758 valence electrons. The van der Waals surface area contributed by atoms with E-state index >= 15 is 0 Å². The molecule has 5 fully saturated rings. The van der Waals surface area contributed by atoms with Gasteiger partial charge >= 0.3 is 0 Å². The van der Waals surface area contributed by atoms with E-state index in [0.29, 0.717) is 89.8 Å². The predicted molar refractivity (Wildman–Crippen MR) is 539 cm³/mol. The van der Waals surface area contributed by atoms with Crippen LogP contribution in [-0.4, -0.2) is 232 Å². The van der Waals surface area contributed by atoms with Gasteiger partial charge in [-0.3, -0.25) is 0 Å². The number of halogens is 4. The maximum absolute atomic E-state index is 14.6. The van der Waals surface area contributed by atoms with Gasteiger partial charge in [0.2, 0.25) is 5.88 Å². The van der Waals surface area contributed by atoms with E-state index in [9.17, 15) is 65.0 Å². The lowest BCUT2D eigenvalue weighted by Crippen LogP contribution is -2.35. The third-order valence-electron chi connectivity index (χ3n) is 30.2. The molecule has 15 N–H and O–H groups in total. The van der Waals surface area contributed by atoms with Crippen molar-refractivity contribution in [2.24, 2.45) is 11.7 Å². The first-order chi connectivity index (χ1) is 70.1. The van der Waals surface area contributed by atoms with Crippen molar-refractivity contribution in [3.8, 4) is 34.4 Å². The van der Waals surface area contributed by atoms with Crippen LogP contribution in [-0.2, 0) is 45.3 Å². The monoisotopic (exact) mass is 2030 g/mol. The summed E-state index contributed by atoms with van der Waals surface area (Å²) in [5.74, 6) is 0.966. The van der Waals surface area contributed by atoms with E-state index in [2.05, 4.69) is 71.5 Å². The number of hydrogen-bond donors (Lipinski definition) is 14. The van der Waals surface area contributed by atoms with Crippen molar-refractivity contribution in [3.05, 3.63) is 277 Å². The Morgan fingerprint density at radius 2 is 0.890 bits per heavy atom. The molecular weight excluding hydrogens is 1920 g/mol. The molecule has 34 nitrogen and oxygen atoms in total. The number of pyridine rings is 2. The second kappa shape index (κ2) is 42.4. The number of fused-ring (bicyclic) bond motifs is 8. The molecule has 0 spiro atoms. The van der Waals surface area contributed by atoms with Crippen molar-refractivity contribution in [2.45, 2.75) is 254 Å². The Hall–Kier alpha value is -12.1. The minimum Gasteiger partial charge on any atom is -0.487 e. The summed E-state index contributed by atoms with van der Waals surface area (Å²) in [5.41, 5.74) is 25.6. The zero-order valence-electron chi connectivity index (χ0n) is 80.4. The number of rotatable bonds is 17. The summed E-state index contributed by atoms with van der Waals surface area (Å²) in [4.78, 5) is 47.7. The molecule has 16 aromatic rings. The number of benzene rings is 4. The predicted octanol–water partition coefficient (Wildman–Crippen LogP) is 11.8. The molecular formula is C106H115Cl2F2N19O15S. The zero-order chi connectivity index (χ0) is 101. The molecule has 12 aromatic heterocycles. The van der Waals surface area contributed by atoms with Gasteiger partial charge in [0, 0.05) is 160 Å². The number of aliphatic hydroxyl groups excluding tert-OH is 11. The third-order valence-corrected chi connectivity index (χ3v) is 31.3. The lowest BCUT2D eigenvalue weighted by molar-refractivity contribution is -0.0265. The minimum absolute atomic E-state index is 0.0373. The van der Waals surface area contributed by atoms with Crippen molar-refractivity contribution in [3.63, 3.8) is 0 Å². The molecule has 2 aliphatic heterocycles. The standard InChI is InChI=1S/C25H26N4O3S.C23H26FN3O3.C20H23N5O3.C19H19ClFN3O3.C19H21ClN4O3/c1-14-2-6-27-25-17(14)4-7-29(25)20-10-22(24(31)23(20)30)32-21-9-16(19-12-33-13-28-19)8-15-3-5-26-11-18(15)21;1-12-3-7-26-23-14(12)5-8-27(23)17-10-19(22(29)21(17)28)30-18-9-13(2)20(24)15-4-6-25-11-16(15)18;1-11-12-6-7-25(19(12)23-9-21-11)15-8-16(18(27)17(15)26)28-20-13-4-2-3-5-14(13)22-10-24-20;1-9-11-4-5-24(19(11)23-8-22-9)15-7-12(17(26)18(15)27)16(25)10-2-3-13(20)14(21)6-10;1-10-13-4-5-24(19(13)23-9-22-10)14-7-16(18(26)17(14)25)27-15-3-2-12(20)6-11(15)8-21/h2,4,6-9,12-13,20,22-24,26,30-31H,3,5,10-11H2,1H3;3,5,7-9,17,19,21-22,25,28-29H,4,6,10-11H2,1-2H3;6-7,9-10,15-18,26-27H,2-5,8H2,1H3;2-6,8,12,15-18,25-27H,7H2,1H3;2-6,9,14,16-18,25-26H,7-8,21H2,1H3/t;17?,19?,21-,22+;15?,16?,17-,18+;12?,15?,16?,17-,18+;14?,16?,17-,18+/m.0010/s1. The summed E-state index contributed by atoms with van der Waals surface area (Å²) in [5, 5.41) is 132. The number of ether oxygens (including phenoxy) is 4. The molecule has 0 amide bonds. The molecule has 24 rings (SSSR count). The molecule has 0 radical (unpaired) electrons. The van der Waals surface area contributed by atoms with Crippen LogP contribution in [0.4, 0.5) is 8.78 Å². The molecule has 21 atom stereocenters. The fourth-order valence-corrected chi connectivity index (χ4v) is 23.0. The fraction of sp³-hybridized carbons (Fsp3) is 0.406. The third kappa shape index (κ3) is 19.6. The minimum atomic E-state index is -1.16. The van der Waals surface area contributed by atoms with Crippen LogP contribution in [0.3, 0.4) is 0 Å². The lowest BCUT2D eigenvalue weighted by atomic mass is 9.92. The van der Waals surface area contributed by atoms with Gasteiger partial charge in [0.15, 0.2) is 0 Å². The first kappa shape index (κ1) is 100. The Bertz CT molecular complexity index is 7400. The van der Waals surface area contributed by atoms with E-state index in [1.165, 1.54) is 43.0 Å². The zero-order valence-corrected chi connectivity index (χ0v) is 82.7. The van der Waals surface area contributed by atoms with E-state index in [0.717, 1.165) is 180 Å². The summed E-state index contributed by atoms with van der Waals surface area (Å²) in [6.07, 6.45) is 13.1. The number of aryl methyl sites for hydroxylation is 7. The van der Waals surface area contributed by atoms with Gasteiger partial charge in [-0.05, 0) is 224 Å². The Morgan fingerprint density at radius 3 is 1.40 bits per heavy atom. The molecule has 145 heavy (non-hydrogen) atoms. The largest absolute Gasteiger partial charge is 0.487 e. The average molecular weight is 2040 g/mol. The van der Waals surface area contributed by atoms with Crippen LogP contribution in [0.1, 0.15) is 160 Å². The van der Waals surface area contributed by atoms with Crippen LogP contribution in [0.5, 0.6) is 23.1 Å². The highest BCUT2D eigenvalue weighted by Crippen LogP contribution is 2.48.